The number of fused-ring (bicyclic) bond motifs is 1. The molecule has 0 radical (unpaired) electrons. The van der Waals surface area contributed by atoms with Crippen LogP contribution in [0.1, 0.15) is 65.7 Å². The molecule has 0 spiro atoms. The molecule has 16 heteroatoms. The van der Waals surface area contributed by atoms with Gasteiger partial charge in [0.15, 0.2) is 6.61 Å². The Morgan fingerprint density at radius 1 is 0.826 bits per heavy atom. The summed E-state index contributed by atoms with van der Waals surface area (Å²) in [6.07, 6.45) is -0.191. The van der Waals surface area contributed by atoms with Crippen LogP contribution in [-0.4, -0.2) is 66.4 Å². The van der Waals surface area contributed by atoms with Gasteiger partial charge in [0.25, 0.3) is 17.7 Å². The zero-order chi connectivity index (χ0) is 33.9. The molecular weight excluding hydrogens is 706 g/mol. The fourth-order valence-corrected chi connectivity index (χ4v) is 6.72. The van der Waals surface area contributed by atoms with Gasteiger partial charge in [0, 0.05) is 6.42 Å². The predicted octanol–water partition coefficient (Wildman–Crippen LogP) is 6.41. The van der Waals surface area contributed by atoms with Crippen molar-refractivity contribution < 1.29 is 43.0 Å². The zero-order valence-electron chi connectivity index (χ0n) is 24.3. The molecule has 0 aliphatic carbocycles. The quantitative estimate of drug-likeness (QED) is 0.0778. The summed E-state index contributed by atoms with van der Waals surface area (Å²) in [5.41, 5.74) is 0.0746. The maximum atomic E-state index is 13.5. The summed E-state index contributed by atoms with van der Waals surface area (Å²) in [4.78, 5) is 79.4. The second kappa shape index (κ2) is 14.8. The van der Waals surface area contributed by atoms with E-state index >= 15 is 0 Å². The lowest BCUT2D eigenvalue weighted by molar-refractivity contribution is -0.151. The van der Waals surface area contributed by atoms with E-state index in [2.05, 4.69) is 5.32 Å². The van der Waals surface area contributed by atoms with Crippen LogP contribution in [0.5, 0.6) is 0 Å². The van der Waals surface area contributed by atoms with Crippen LogP contribution in [0.25, 0.3) is 0 Å². The number of amides is 3. The molecule has 1 N–H and O–H groups in total. The van der Waals surface area contributed by atoms with Crippen LogP contribution in [0.2, 0.25) is 20.1 Å². The lowest BCUT2D eigenvalue weighted by Gasteiger charge is -2.24. The molecule has 11 nitrogen and oxygen atoms in total. The minimum atomic E-state index is -1.57. The summed E-state index contributed by atoms with van der Waals surface area (Å²) in [7, 11) is 0. The number of hydrogen-bond acceptors (Lipinski definition) is 10. The normalized spacial score (nSPS) is 12.9. The van der Waals surface area contributed by atoms with Gasteiger partial charge >= 0.3 is 17.9 Å². The largest absolute Gasteiger partial charge is 0.462 e. The van der Waals surface area contributed by atoms with Crippen molar-refractivity contribution in [3.8, 4) is 0 Å². The van der Waals surface area contributed by atoms with Gasteiger partial charge < -0.3 is 19.5 Å². The first kappa shape index (κ1) is 35.2. The molecular formula is C30H24Cl4N2O9S. The second-order valence-corrected chi connectivity index (χ2v) is 12.1. The molecule has 1 aliphatic heterocycles. The summed E-state index contributed by atoms with van der Waals surface area (Å²) in [5.74, 6) is -5.42. The van der Waals surface area contributed by atoms with Crippen molar-refractivity contribution in [2.45, 2.75) is 33.2 Å². The number of anilines is 1. The van der Waals surface area contributed by atoms with Crippen LogP contribution in [0.15, 0.2) is 30.3 Å². The van der Waals surface area contributed by atoms with E-state index in [1.165, 1.54) is 6.92 Å². The van der Waals surface area contributed by atoms with Crippen LogP contribution in [0.4, 0.5) is 5.00 Å². The van der Waals surface area contributed by atoms with Crippen molar-refractivity contribution in [3.05, 3.63) is 83.1 Å². The zero-order valence-corrected chi connectivity index (χ0v) is 28.2. The van der Waals surface area contributed by atoms with E-state index < -0.39 is 48.3 Å². The number of carbonyl (C=O) groups excluding carboxylic acids is 6. The average molecular weight is 730 g/mol. The third-order valence-corrected chi connectivity index (χ3v) is 9.66. The van der Waals surface area contributed by atoms with Gasteiger partial charge in [-0.1, -0.05) is 76.7 Å². The van der Waals surface area contributed by atoms with Crippen molar-refractivity contribution in [1.82, 2.24) is 4.90 Å². The Hall–Kier alpha value is -3.68. The van der Waals surface area contributed by atoms with Crippen LogP contribution in [0.3, 0.4) is 0 Å². The van der Waals surface area contributed by atoms with E-state index in [4.69, 9.17) is 60.6 Å². The first-order valence-electron chi connectivity index (χ1n) is 13.6. The van der Waals surface area contributed by atoms with Crippen LogP contribution >= 0.6 is 57.7 Å². The number of ether oxygens (including phenoxy) is 3. The summed E-state index contributed by atoms with van der Waals surface area (Å²) in [6, 6.07) is 6.87. The first-order valence-corrected chi connectivity index (χ1v) is 15.9. The van der Waals surface area contributed by atoms with E-state index in [0.717, 1.165) is 11.3 Å². The highest BCUT2D eigenvalue weighted by molar-refractivity contribution is 7.18. The molecule has 2 aromatic carbocycles. The number of carbonyl (C=O) groups is 6. The first-order chi connectivity index (χ1) is 21.8. The highest BCUT2D eigenvalue weighted by Crippen LogP contribution is 2.45. The molecule has 0 bridgehead atoms. The molecule has 1 unspecified atom stereocenters. The number of esters is 3. The van der Waals surface area contributed by atoms with Gasteiger partial charge in [-0.3, -0.25) is 19.3 Å². The average Bonchev–Trinajstić information content (AvgIpc) is 3.49. The highest BCUT2D eigenvalue weighted by atomic mass is 35.5. The van der Waals surface area contributed by atoms with Crippen LogP contribution in [-0.2, 0) is 30.2 Å². The Kier molecular flexibility index (Phi) is 11.3. The Morgan fingerprint density at radius 3 is 1.91 bits per heavy atom. The molecule has 1 atom stereocenters. The number of benzene rings is 2. The summed E-state index contributed by atoms with van der Waals surface area (Å²) >= 11 is 25.6. The number of imide groups is 1. The fourth-order valence-electron chi connectivity index (χ4n) is 4.60. The smallest absolute Gasteiger partial charge is 0.348 e. The van der Waals surface area contributed by atoms with Crippen molar-refractivity contribution in [3.63, 3.8) is 0 Å². The molecule has 4 rings (SSSR count). The molecule has 242 valence electrons. The lowest BCUT2D eigenvalue weighted by Crippen LogP contribution is -2.47. The van der Waals surface area contributed by atoms with Crippen LogP contribution < -0.4 is 5.32 Å². The molecule has 1 aromatic heterocycles. The molecule has 3 aromatic rings. The Labute approximate surface area is 286 Å². The van der Waals surface area contributed by atoms with Gasteiger partial charge in [0.2, 0.25) is 0 Å². The van der Waals surface area contributed by atoms with Gasteiger partial charge in [0.1, 0.15) is 15.9 Å². The summed E-state index contributed by atoms with van der Waals surface area (Å²) < 4.78 is 15.4. The van der Waals surface area contributed by atoms with Crippen molar-refractivity contribution in [2.75, 3.05) is 25.1 Å². The van der Waals surface area contributed by atoms with E-state index in [9.17, 15) is 28.8 Å². The Bertz CT molecular complexity index is 1710. The number of nitrogens with zero attached hydrogens (tertiary/aromatic N) is 1. The van der Waals surface area contributed by atoms with Gasteiger partial charge in [-0.05, 0) is 31.9 Å². The van der Waals surface area contributed by atoms with Crippen molar-refractivity contribution in [2.24, 2.45) is 0 Å². The number of rotatable bonds is 11. The van der Waals surface area contributed by atoms with E-state index in [0.29, 0.717) is 10.5 Å². The molecule has 3 amide bonds. The number of hydrogen-bond donors (Lipinski definition) is 1. The summed E-state index contributed by atoms with van der Waals surface area (Å²) in [6.45, 7) is 3.93. The Balaban J connectivity index is 1.60. The third kappa shape index (κ3) is 6.86. The summed E-state index contributed by atoms with van der Waals surface area (Å²) in [5, 5.41) is 1.31. The number of nitrogens with one attached hydrogen (secondary N) is 1. The van der Waals surface area contributed by atoms with Crippen molar-refractivity contribution in [1.29, 1.82) is 0 Å². The van der Waals surface area contributed by atoms with E-state index in [-0.39, 0.29) is 71.9 Å². The maximum Gasteiger partial charge on any atom is 0.348 e. The number of halogens is 4. The maximum absolute atomic E-state index is 13.5. The Morgan fingerprint density at radius 2 is 1.37 bits per heavy atom. The number of thiophene rings is 1. The van der Waals surface area contributed by atoms with Gasteiger partial charge in [-0.15, -0.1) is 11.3 Å². The van der Waals surface area contributed by atoms with Crippen molar-refractivity contribution >= 4 is 98.4 Å². The van der Waals surface area contributed by atoms with Gasteiger partial charge in [-0.25, -0.2) is 14.4 Å². The minimum absolute atomic E-state index is 0.0284. The highest BCUT2D eigenvalue weighted by Gasteiger charge is 2.47. The predicted molar refractivity (Wildman–Crippen MR) is 171 cm³/mol. The fraction of sp³-hybridized carbons (Fsp3) is 0.267. The van der Waals surface area contributed by atoms with Gasteiger partial charge in [0.05, 0.1) is 50.0 Å². The molecule has 1 aliphatic rings. The topological polar surface area (TPSA) is 145 Å². The molecule has 2 heterocycles. The van der Waals surface area contributed by atoms with E-state index in [1.807, 2.05) is 0 Å². The standard InChI is InChI=1S/C30H24Cl4N2O9S/c1-4-43-29(41)17-13(3)24(30(42)44-5-2)46-25(17)35-16(37)12-45-28(40)15(11-14-9-7-6-8-10-14)36-26(38)18-19(27(36)39)21(32)23(34)22(33)20(18)31/h6-10,15H,4-5,11-12H2,1-3H3,(H,35,37). The molecule has 0 fully saturated rings. The van der Waals surface area contributed by atoms with Gasteiger partial charge in [-0.2, -0.15) is 0 Å². The minimum Gasteiger partial charge on any atom is -0.462 e. The molecule has 46 heavy (non-hydrogen) atoms. The SMILES string of the molecule is CCOC(=O)c1sc(NC(=O)COC(=O)C(Cc2ccccc2)N2C(=O)c3c(Cl)c(Cl)c(Cl)c(Cl)c3C2=O)c(C(=O)OCC)c1C. The van der Waals surface area contributed by atoms with E-state index in [1.54, 1.807) is 44.2 Å². The molecule has 0 saturated carbocycles. The third-order valence-electron chi connectivity index (χ3n) is 6.67. The second-order valence-electron chi connectivity index (χ2n) is 9.55. The van der Waals surface area contributed by atoms with Crippen LogP contribution in [0, 0.1) is 6.92 Å². The monoisotopic (exact) mass is 728 g/mol. The lowest BCUT2D eigenvalue weighted by atomic mass is 10.0. The molecule has 0 saturated heterocycles.